The van der Waals surface area contributed by atoms with Crippen molar-refractivity contribution in [2.24, 2.45) is 5.92 Å². The Hall–Kier alpha value is -3.33. The van der Waals surface area contributed by atoms with E-state index in [4.69, 9.17) is 4.74 Å². The van der Waals surface area contributed by atoms with Crippen molar-refractivity contribution in [2.75, 3.05) is 5.32 Å². The molecule has 6 nitrogen and oxygen atoms in total. The highest BCUT2D eigenvalue weighted by molar-refractivity contribution is 6.01. The summed E-state index contributed by atoms with van der Waals surface area (Å²) >= 11 is 0. The van der Waals surface area contributed by atoms with E-state index in [0.717, 1.165) is 35.5 Å². The summed E-state index contributed by atoms with van der Waals surface area (Å²) in [5.74, 6) is -0.801. The van der Waals surface area contributed by atoms with E-state index in [1.165, 1.54) is 13.0 Å². The molecule has 0 radical (unpaired) electrons. The standard InChI is InChI=1S/C25H31N3O3/c1-7-20-8-10-23(11-9-20)27-24(29)19(6)31-25(30)22(14-26)13-21-12-17(4)28(18(21)5)15-16(2)3/h8-13,16,19H,7,15H2,1-6H3,(H,27,29)/b22-13+/t19-/m0/s1. The lowest BCUT2D eigenvalue weighted by Crippen LogP contribution is -2.30. The van der Waals surface area contributed by atoms with E-state index in [1.807, 2.05) is 38.1 Å². The Kier molecular flexibility index (Phi) is 8.21. The van der Waals surface area contributed by atoms with Crippen LogP contribution >= 0.6 is 0 Å². The SMILES string of the molecule is CCc1ccc(NC(=O)[C@H](C)OC(=O)/C(C#N)=C/c2cc(C)n(CC(C)C)c2C)cc1. The fourth-order valence-corrected chi connectivity index (χ4v) is 3.26. The van der Waals surface area contributed by atoms with Gasteiger partial charge in [-0.1, -0.05) is 32.9 Å². The predicted octanol–water partition coefficient (Wildman–Crippen LogP) is 4.80. The fourth-order valence-electron chi connectivity index (χ4n) is 3.26. The van der Waals surface area contributed by atoms with Crippen molar-refractivity contribution in [1.29, 1.82) is 5.26 Å². The molecule has 0 aliphatic carbocycles. The zero-order chi connectivity index (χ0) is 23.1. The zero-order valence-electron chi connectivity index (χ0n) is 19.2. The minimum atomic E-state index is -1.04. The third-order valence-corrected chi connectivity index (χ3v) is 5.08. The van der Waals surface area contributed by atoms with Crippen LogP contribution in [0.2, 0.25) is 0 Å². The highest BCUT2D eigenvalue weighted by atomic mass is 16.5. The van der Waals surface area contributed by atoms with E-state index in [0.29, 0.717) is 11.6 Å². The highest BCUT2D eigenvalue weighted by Gasteiger charge is 2.21. The van der Waals surface area contributed by atoms with Gasteiger partial charge in [-0.15, -0.1) is 0 Å². The van der Waals surface area contributed by atoms with Crippen LogP contribution in [-0.4, -0.2) is 22.5 Å². The molecule has 0 aliphatic rings. The molecule has 1 heterocycles. The van der Waals surface area contributed by atoms with Crippen molar-refractivity contribution in [3.8, 4) is 6.07 Å². The molecule has 1 aromatic carbocycles. The average Bonchev–Trinajstić information content (AvgIpc) is 2.99. The molecule has 164 valence electrons. The Morgan fingerprint density at radius 2 is 1.84 bits per heavy atom. The van der Waals surface area contributed by atoms with Gasteiger partial charge in [0.1, 0.15) is 11.6 Å². The second-order valence-corrected chi connectivity index (χ2v) is 8.09. The quantitative estimate of drug-likeness (QED) is 0.377. The van der Waals surface area contributed by atoms with E-state index in [-0.39, 0.29) is 5.57 Å². The van der Waals surface area contributed by atoms with Crippen LogP contribution in [0.3, 0.4) is 0 Å². The molecule has 0 aliphatic heterocycles. The van der Waals surface area contributed by atoms with Gasteiger partial charge in [-0.05, 0) is 68.5 Å². The second-order valence-electron chi connectivity index (χ2n) is 8.09. The summed E-state index contributed by atoms with van der Waals surface area (Å²) in [5, 5.41) is 12.2. The van der Waals surface area contributed by atoms with Gasteiger partial charge in [0.25, 0.3) is 5.91 Å². The van der Waals surface area contributed by atoms with Crippen LogP contribution in [0.4, 0.5) is 5.69 Å². The molecule has 0 unspecified atom stereocenters. The molecular weight excluding hydrogens is 390 g/mol. The molecule has 1 amide bonds. The molecule has 6 heteroatoms. The first-order valence-electron chi connectivity index (χ1n) is 10.6. The summed E-state index contributed by atoms with van der Waals surface area (Å²) in [6.07, 6.45) is 1.39. The lowest BCUT2D eigenvalue weighted by molar-refractivity contribution is -0.148. The number of anilines is 1. The summed E-state index contributed by atoms with van der Waals surface area (Å²) in [5.41, 5.74) is 4.47. The first-order chi connectivity index (χ1) is 14.7. The lowest BCUT2D eigenvalue weighted by atomic mass is 10.1. The van der Waals surface area contributed by atoms with Crippen LogP contribution in [0.5, 0.6) is 0 Å². The maximum atomic E-state index is 12.5. The van der Waals surface area contributed by atoms with E-state index in [1.54, 1.807) is 12.1 Å². The molecule has 1 N–H and O–H groups in total. The molecule has 1 atom stereocenters. The normalized spacial score (nSPS) is 12.4. The smallest absolute Gasteiger partial charge is 0.349 e. The summed E-state index contributed by atoms with van der Waals surface area (Å²) in [6.45, 7) is 12.6. The van der Waals surface area contributed by atoms with Crippen molar-refractivity contribution < 1.29 is 14.3 Å². The summed E-state index contributed by atoms with van der Waals surface area (Å²) in [4.78, 5) is 24.9. The number of aryl methyl sites for hydroxylation is 2. The van der Waals surface area contributed by atoms with E-state index >= 15 is 0 Å². The third-order valence-electron chi connectivity index (χ3n) is 5.08. The van der Waals surface area contributed by atoms with Crippen molar-refractivity contribution in [1.82, 2.24) is 4.57 Å². The zero-order valence-corrected chi connectivity index (χ0v) is 19.2. The average molecular weight is 422 g/mol. The van der Waals surface area contributed by atoms with Gasteiger partial charge in [0.05, 0.1) is 0 Å². The van der Waals surface area contributed by atoms with Gasteiger partial charge in [-0.25, -0.2) is 4.79 Å². The largest absolute Gasteiger partial charge is 0.448 e. The number of nitrogens with one attached hydrogen (secondary N) is 1. The Morgan fingerprint density at radius 1 is 1.19 bits per heavy atom. The Balaban J connectivity index is 2.09. The van der Waals surface area contributed by atoms with E-state index in [2.05, 4.69) is 30.7 Å². The summed E-state index contributed by atoms with van der Waals surface area (Å²) in [7, 11) is 0. The van der Waals surface area contributed by atoms with Gasteiger partial charge in [-0.2, -0.15) is 5.26 Å². The Bertz CT molecular complexity index is 1010. The maximum Gasteiger partial charge on any atom is 0.349 e. The van der Waals surface area contributed by atoms with Gasteiger partial charge in [-0.3, -0.25) is 4.79 Å². The topological polar surface area (TPSA) is 84.1 Å². The van der Waals surface area contributed by atoms with Crippen molar-refractivity contribution in [2.45, 2.75) is 60.6 Å². The molecule has 2 aromatic rings. The minimum Gasteiger partial charge on any atom is -0.448 e. The van der Waals surface area contributed by atoms with E-state index < -0.39 is 18.0 Å². The number of ether oxygens (including phenoxy) is 1. The van der Waals surface area contributed by atoms with Crippen molar-refractivity contribution in [3.63, 3.8) is 0 Å². The number of carbonyl (C=O) groups excluding carboxylic acids is 2. The van der Waals surface area contributed by atoms with Gasteiger partial charge >= 0.3 is 5.97 Å². The van der Waals surface area contributed by atoms with Gasteiger partial charge < -0.3 is 14.6 Å². The molecular formula is C25H31N3O3. The number of hydrogen-bond acceptors (Lipinski definition) is 4. The second kappa shape index (κ2) is 10.6. The van der Waals surface area contributed by atoms with Gasteiger partial charge in [0.2, 0.25) is 0 Å². The van der Waals surface area contributed by atoms with Crippen LogP contribution in [-0.2, 0) is 27.3 Å². The lowest BCUT2D eigenvalue weighted by Gasteiger charge is -2.13. The molecule has 31 heavy (non-hydrogen) atoms. The van der Waals surface area contributed by atoms with Gasteiger partial charge in [0.15, 0.2) is 6.10 Å². The number of carbonyl (C=O) groups is 2. The first-order valence-corrected chi connectivity index (χ1v) is 10.6. The number of esters is 1. The number of rotatable bonds is 8. The van der Waals surface area contributed by atoms with E-state index in [9.17, 15) is 14.9 Å². The predicted molar refractivity (Wildman–Crippen MR) is 122 cm³/mol. The Labute approximate surface area is 184 Å². The molecule has 0 bridgehead atoms. The van der Waals surface area contributed by atoms with Gasteiger partial charge in [0, 0.05) is 23.6 Å². The molecule has 0 saturated heterocycles. The molecule has 0 fully saturated rings. The van der Waals surface area contributed by atoms with Crippen LogP contribution in [0.1, 0.15) is 50.2 Å². The third kappa shape index (κ3) is 6.32. The summed E-state index contributed by atoms with van der Waals surface area (Å²) < 4.78 is 7.41. The van der Waals surface area contributed by atoms with Crippen molar-refractivity contribution in [3.05, 3.63) is 58.4 Å². The van der Waals surface area contributed by atoms with Crippen LogP contribution in [0, 0.1) is 31.1 Å². The number of hydrogen-bond donors (Lipinski definition) is 1. The fraction of sp³-hybridized carbons (Fsp3) is 0.400. The Morgan fingerprint density at radius 3 is 2.39 bits per heavy atom. The minimum absolute atomic E-state index is 0.142. The van der Waals surface area contributed by atoms with Crippen molar-refractivity contribution >= 4 is 23.6 Å². The molecule has 0 spiro atoms. The summed E-state index contributed by atoms with van der Waals surface area (Å²) in [6, 6.07) is 11.3. The first kappa shape index (κ1) is 23.9. The number of aromatic nitrogens is 1. The monoisotopic (exact) mass is 421 g/mol. The van der Waals surface area contributed by atoms with Crippen LogP contribution < -0.4 is 5.32 Å². The van der Waals surface area contributed by atoms with Crippen LogP contribution in [0.15, 0.2) is 35.9 Å². The number of benzene rings is 1. The number of nitriles is 1. The number of nitrogens with zero attached hydrogens (tertiary/aromatic N) is 2. The molecule has 0 saturated carbocycles. The highest BCUT2D eigenvalue weighted by Crippen LogP contribution is 2.20. The number of amides is 1. The molecule has 2 rings (SSSR count). The molecule has 1 aromatic heterocycles. The van der Waals surface area contributed by atoms with Crippen LogP contribution in [0.25, 0.3) is 6.08 Å². The maximum absolute atomic E-state index is 12.5.